The van der Waals surface area contributed by atoms with Crippen LogP contribution in [-0.2, 0) is 0 Å². The molecule has 2 nitrogen and oxygen atoms in total. The van der Waals surface area contributed by atoms with Gasteiger partial charge in [-0.05, 0) is 41.4 Å². The van der Waals surface area contributed by atoms with E-state index in [0.29, 0.717) is 5.92 Å². The van der Waals surface area contributed by atoms with Crippen molar-refractivity contribution in [3.05, 3.63) is 0 Å². The van der Waals surface area contributed by atoms with Gasteiger partial charge in [0.15, 0.2) is 0 Å². The number of aliphatic hydroxyl groups excluding tert-OH is 2. The van der Waals surface area contributed by atoms with E-state index in [1.54, 1.807) is 0 Å². The molecular formula is C15H30O2. The molecule has 0 aromatic rings. The average molecular weight is 242 g/mol. The lowest BCUT2D eigenvalue weighted by Gasteiger charge is -2.49. The lowest BCUT2D eigenvalue weighted by Crippen LogP contribution is -2.48. The van der Waals surface area contributed by atoms with Crippen LogP contribution < -0.4 is 0 Å². The first-order valence-electron chi connectivity index (χ1n) is 6.86. The van der Waals surface area contributed by atoms with E-state index in [4.69, 9.17) is 0 Å². The van der Waals surface area contributed by atoms with Gasteiger partial charge in [-0.1, -0.05) is 41.5 Å². The van der Waals surface area contributed by atoms with Gasteiger partial charge in [0.05, 0.1) is 6.10 Å². The fourth-order valence-corrected chi connectivity index (χ4v) is 3.25. The Morgan fingerprint density at radius 3 is 1.47 bits per heavy atom. The van der Waals surface area contributed by atoms with Crippen LogP contribution in [0.25, 0.3) is 0 Å². The van der Waals surface area contributed by atoms with Gasteiger partial charge in [-0.2, -0.15) is 0 Å². The van der Waals surface area contributed by atoms with Gasteiger partial charge in [-0.3, -0.25) is 0 Å². The van der Waals surface area contributed by atoms with E-state index in [1.165, 1.54) is 0 Å². The molecule has 1 aliphatic carbocycles. The summed E-state index contributed by atoms with van der Waals surface area (Å²) in [7, 11) is 0. The highest BCUT2D eigenvalue weighted by atomic mass is 16.3. The third-order valence-electron chi connectivity index (χ3n) is 4.48. The average Bonchev–Trinajstić information content (AvgIpc) is 2.14. The molecule has 0 amide bonds. The largest absolute Gasteiger partial charge is 0.396 e. The Labute approximate surface area is 106 Å². The van der Waals surface area contributed by atoms with Crippen LogP contribution in [0.1, 0.15) is 54.4 Å². The van der Waals surface area contributed by atoms with Gasteiger partial charge in [0.2, 0.25) is 0 Å². The Kier molecular flexibility index (Phi) is 4.31. The van der Waals surface area contributed by atoms with Gasteiger partial charge in [0.1, 0.15) is 0 Å². The summed E-state index contributed by atoms with van der Waals surface area (Å²) in [6, 6.07) is 0. The summed E-state index contributed by atoms with van der Waals surface area (Å²) < 4.78 is 0. The van der Waals surface area contributed by atoms with Crippen LogP contribution in [0.3, 0.4) is 0 Å². The molecule has 1 rings (SSSR count). The van der Waals surface area contributed by atoms with Crippen molar-refractivity contribution in [3.63, 3.8) is 0 Å². The van der Waals surface area contributed by atoms with Crippen LogP contribution >= 0.6 is 0 Å². The van der Waals surface area contributed by atoms with Crippen LogP contribution in [0.5, 0.6) is 0 Å². The topological polar surface area (TPSA) is 40.5 Å². The first kappa shape index (κ1) is 15.0. The molecule has 17 heavy (non-hydrogen) atoms. The van der Waals surface area contributed by atoms with E-state index >= 15 is 0 Å². The maximum Gasteiger partial charge on any atom is 0.0606 e. The van der Waals surface area contributed by atoms with Crippen molar-refractivity contribution in [1.82, 2.24) is 0 Å². The van der Waals surface area contributed by atoms with Crippen LogP contribution in [0.2, 0.25) is 0 Å². The van der Waals surface area contributed by atoms with E-state index in [1.807, 2.05) is 0 Å². The molecule has 0 spiro atoms. The van der Waals surface area contributed by atoms with E-state index in [-0.39, 0.29) is 35.4 Å². The number of hydrogen-bond acceptors (Lipinski definition) is 2. The lowest BCUT2D eigenvalue weighted by atomic mass is 9.59. The van der Waals surface area contributed by atoms with Crippen LogP contribution in [-0.4, -0.2) is 22.9 Å². The Morgan fingerprint density at radius 2 is 1.24 bits per heavy atom. The van der Waals surface area contributed by atoms with E-state index in [0.717, 1.165) is 12.8 Å². The van der Waals surface area contributed by atoms with Gasteiger partial charge < -0.3 is 10.2 Å². The standard InChI is InChI=1S/C15H30O2/c1-14(2,3)11-7-10(9-16)8-12(13(11)17)15(4,5)6/h10-13,16-17H,7-9H2,1-6H3. The van der Waals surface area contributed by atoms with Crippen molar-refractivity contribution in [3.8, 4) is 0 Å². The van der Waals surface area contributed by atoms with Crippen molar-refractivity contribution < 1.29 is 10.2 Å². The van der Waals surface area contributed by atoms with Crippen LogP contribution in [0.15, 0.2) is 0 Å². The minimum absolute atomic E-state index is 0.108. The molecule has 0 radical (unpaired) electrons. The molecule has 2 N–H and O–H groups in total. The monoisotopic (exact) mass is 242 g/mol. The molecule has 102 valence electrons. The number of aliphatic hydroxyl groups is 2. The summed E-state index contributed by atoms with van der Waals surface area (Å²) in [6.07, 6.45) is 1.67. The Balaban J connectivity index is 2.94. The molecule has 2 atom stereocenters. The second-order valence-corrected chi connectivity index (χ2v) is 7.96. The maximum absolute atomic E-state index is 10.6. The molecule has 0 aromatic carbocycles. The predicted molar refractivity (Wildman–Crippen MR) is 71.7 cm³/mol. The molecular weight excluding hydrogens is 212 g/mol. The molecule has 1 fully saturated rings. The molecule has 1 aliphatic rings. The maximum atomic E-state index is 10.6. The molecule has 0 bridgehead atoms. The van der Waals surface area contributed by atoms with Crippen molar-refractivity contribution >= 4 is 0 Å². The molecule has 2 unspecified atom stereocenters. The summed E-state index contributed by atoms with van der Waals surface area (Å²) >= 11 is 0. The highest BCUT2D eigenvalue weighted by Gasteiger charge is 2.45. The first-order chi connectivity index (χ1) is 7.57. The van der Waals surface area contributed by atoms with Gasteiger partial charge in [-0.15, -0.1) is 0 Å². The number of rotatable bonds is 1. The third-order valence-corrected chi connectivity index (χ3v) is 4.48. The van der Waals surface area contributed by atoms with Crippen LogP contribution in [0, 0.1) is 28.6 Å². The van der Waals surface area contributed by atoms with Gasteiger partial charge >= 0.3 is 0 Å². The van der Waals surface area contributed by atoms with Crippen molar-refractivity contribution in [2.75, 3.05) is 6.61 Å². The second-order valence-electron chi connectivity index (χ2n) is 7.96. The Morgan fingerprint density at radius 1 is 0.882 bits per heavy atom. The highest BCUT2D eigenvalue weighted by Crippen LogP contribution is 2.48. The van der Waals surface area contributed by atoms with E-state index < -0.39 is 0 Å². The molecule has 0 saturated heterocycles. The smallest absolute Gasteiger partial charge is 0.0606 e. The molecule has 0 aromatic heterocycles. The normalized spacial score (nSPS) is 36.0. The first-order valence-corrected chi connectivity index (χ1v) is 6.86. The summed E-state index contributed by atoms with van der Waals surface area (Å²) in [6.45, 7) is 13.4. The third kappa shape index (κ3) is 3.45. The summed E-state index contributed by atoms with van der Waals surface area (Å²) in [5.41, 5.74) is 0.216. The SMILES string of the molecule is CC(C)(C)C1CC(CO)CC(C(C)(C)C)C1O. The van der Waals surface area contributed by atoms with Crippen molar-refractivity contribution in [1.29, 1.82) is 0 Å². The fraction of sp³-hybridized carbons (Fsp3) is 1.00. The molecule has 1 saturated carbocycles. The molecule has 0 aliphatic heterocycles. The van der Waals surface area contributed by atoms with Crippen molar-refractivity contribution in [2.24, 2.45) is 28.6 Å². The zero-order valence-electron chi connectivity index (χ0n) is 12.3. The lowest BCUT2D eigenvalue weighted by molar-refractivity contribution is -0.0897. The van der Waals surface area contributed by atoms with Gasteiger partial charge in [0.25, 0.3) is 0 Å². The summed E-state index contributed by atoms with van der Waals surface area (Å²) in [5, 5.41) is 20.1. The quantitative estimate of drug-likeness (QED) is 0.742. The predicted octanol–water partition coefficient (Wildman–Crippen LogP) is 3.07. The summed E-state index contributed by atoms with van der Waals surface area (Å²) in [4.78, 5) is 0. The highest BCUT2D eigenvalue weighted by molar-refractivity contribution is 4.95. The second kappa shape index (κ2) is 4.89. The van der Waals surface area contributed by atoms with E-state index in [9.17, 15) is 10.2 Å². The fourth-order valence-electron chi connectivity index (χ4n) is 3.25. The van der Waals surface area contributed by atoms with Gasteiger partial charge in [-0.25, -0.2) is 0 Å². The zero-order valence-corrected chi connectivity index (χ0v) is 12.3. The minimum atomic E-state index is -0.238. The van der Waals surface area contributed by atoms with Crippen molar-refractivity contribution in [2.45, 2.75) is 60.5 Å². The van der Waals surface area contributed by atoms with Crippen LogP contribution in [0.4, 0.5) is 0 Å². The molecule has 0 heterocycles. The van der Waals surface area contributed by atoms with Gasteiger partial charge in [0, 0.05) is 6.61 Å². The van der Waals surface area contributed by atoms with E-state index in [2.05, 4.69) is 41.5 Å². The Hall–Kier alpha value is -0.0800. The minimum Gasteiger partial charge on any atom is -0.396 e. The summed E-state index contributed by atoms with van der Waals surface area (Å²) in [5.74, 6) is 0.932. The zero-order chi connectivity index (χ0) is 13.4. The number of hydrogen-bond donors (Lipinski definition) is 2. The molecule has 2 heteroatoms. The Bertz CT molecular complexity index is 223.